The lowest BCUT2D eigenvalue weighted by molar-refractivity contribution is 1.10. The van der Waals surface area contributed by atoms with Crippen molar-refractivity contribution in [3.8, 4) is 0 Å². The van der Waals surface area contributed by atoms with Crippen LogP contribution in [-0.4, -0.2) is 4.98 Å². The first-order valence-electron chi connectivity index (χ1n) is 3.74. The molecule has 0 aromatic carbocycles. The molecule has 0 fully saturated rings. The maximum atomic E-state index is 4.02. The van der Waals surface area contributed by atoms with Gasteiger partial charge in [-0.1, -0.05) is 12.2 Å². The lowest BCUT2D eigenvalue weighted by atomic mass is 10.1. The highest BCUT2D eigenvalue weighted by molar-refractivity contribution is 5.25. The van der Waals surface area contributed by atoms with Gasteiger partial charge >= 0.3 is 0 Å². The van der Waals surface area contributed by atoms with E-state index >= 15 is 0 Å². The van der Waals surface area contributed by atoms with Gasteiger partial charge in [0.15, 0.2) is 0 Å². The molecule has 1 heteroatoms. The molecule has 0 atom stereocenters. The van der Waals surface area contributed by atoms with Crippen LogP contribution in [0.1, 0.15) is 18.1 Å². The molecule has 58 valence electrons. The number of nitrogens with zero attached hydrogens (tertiary/aromatic N) is 1. The van der Waals surface area contributed by atoms with Crippen molar-refractivity contribution in [2.45, 2.75) is 20.3 Å². The minimum Gasteiger partial charge on any atom is -0.264 e. The average Bonchev–Trinajstić information content (AvgIpc) is 1.93. The van der Waals surface area contributed by atoms with Crippen molar-refractivity contribution in [2.75, 3.05) is 0 Å². The fourth-order valence-corrected chi connectivity index (χ4v) is 1.03. The fourth-order valence-electron chi connectivity index (χ4n) is 1.03. The van der Waals surface area contributed by atoms with Crippen LogP contribution in [0.15, 0.2) is 30.6 Å². The fraction of sp³-hybridized carbons (Fsp3) is 0.300. The molecule has 0 N–H and O–H groups in total. The van der Waals surface area contributed by atoms with Crippen LogP contribution in [0.2, 0.25) is 0 Å². The molecule has 11 heavy (non-hydrogen) atoms. The minimum absolute atomic E-state index is 0.967. The van der Waals surface area contributed by atoms with Gasteiger partial charge in [0.2, 0.25) is 0 Å². The Morgan fingerprint density at radius 1 is 1.64 bits per heavy atom. The van der Waals surface area contributed by atoms with Gasteiger partial charge in [0.1, 0.15) is 0 Å². The highest BCUT2D eigenvalue weighted by atomic mass is 14.6. The molecule has 0 saturated heterocycles. The number of aromatic nitrogens is 1. The van der Waals surface area contributed by atoms with Crippen LogP contribution in [0.3, 0.4) is 0 Å². The Bertz CT molecular complexity index is 263. The molecule has 1 heterocycles. The zero-order valence-corrected chi connectivity index (χ0v) is 7.09. The number of aryl methyl sites for hydroxylation is 1. The van der Waals surface area contributed by atoms with Gasteiger partial charge < -0.3 is 0 Å². The molecule has 1 nitrogen and oxygen atoms in total. The smallest absolute Gasteiger partial charge is 0.0299 e. The third-order valence-corrected chi connectivity index (χ3v) is 1.63. The van der Waals surface area contributed by atoms with Gasteiger partial charge in [0.05, 0.1) is 0 Å². The van der Waals surface area contributed by atoms with Gasteiger partial charge in [-0.3, -0.25) is 4.98 Å². The van der Waals surface area contributed by atoms with E-state index in [1.165, 1.54) is 16.7 Å². The monoisotopic (exact) mass is 147 g/mol. The zero-order chi connectivity index (χ0) is 8.27. The lowest BCUT2D eigenvalue weighted by Crippen LogP contribution is -1.90. The Kier molecular flexibility index (Phi) is 2.42. The van der Waals surface area contributed by atoms with E-state index in [2.05, 4.69) is 18.5 Å². The van der Waals surface area contributed by atoms with Crippen molar-refractivity contribution < 1.29 is 0 Å². The second kappa shape index (κ2) is 3.33. The molecule has 1 aromatic heterocycles. The van der Waals surface area contributed by atoms with Gasteiger partial charge in [-0.15, -0.1) is 0 Å². The summed E-state index contributed by atoms with van der Waals surface area (Å²) in [5.41, 5.74) is 3.77. The Hall–Kier alpha value is -1.11. The molecule has 0 amide bonds. The molecule has 0 bridgehead atoms. The first-order chi connectivity index (χ1) is 5.20. The van der Waals surface area contributed by atoms with E-state index < -0.39 is 0 Å². The molecule has 0 radical (unpaired) electrons. The summed E-state index contributed by atoms with van der Waals surface area (Å²) in [6.45, 7) is 7.99. The van der Waals surface area contributed by atoms with Crippen LogP contribution in [0.5, 0.6) is 0 Å². The molecule has 0 saturated carbocycles. The topological polar surface area (TPSA) is 12.9 Å². The van der Waals surface area contributed by atoms with Crippen molar-refractivity contribution in [3.63, 3.8) is 0 Å². The zero-order valence-electron chi connectivity index (χ0n) is 7.09. The van der Waals surface area contributed by atoms with Crippen molar-refractivity contribution in [2.24, 2.45) is 0 Å². The van der Waals surface area contributed by atoms with Crippen LogP contribution in [0, 0.1) is 6.92 Å². The SMILES string of the molecule is C=C(C)Cc1ccncc1C. The second-order valence-corrected chi connectivity index (χ2v) is 2.94. The van der Waals surface area contributed by atoms with Crippen LogP contribution >= 0.6 is 0 Å². The van der Waals surface area contributed by atoms with Crippen molar-refractivity contribution in [3.05, 3.63) is 41.7 Å². The van der Waals surface area contributed by atoms with Crippen LogP contribution in [0.25, 0.3) is 0 Å². The maximum absolute atomic E-state index is 4.02. The molecule has 1 rings (SSSR count). The Morgan fingerprint density at radius 2 is 2.36 bits per heavy atom. The first-order valence-corrected chi connectivity index (χ1v) is 3.74. The van der Waals surface area contributed by atoms with E-state index in [0.29, 0.717) is 0 Å². The first kappa shape index (κ1) is 7.99. The maximum Gasteiger partial charge on any atom is 0.0299 e. The van der Waals surface area contributed by atoms with Crippen molar-refractivity contribution >= 4 is 0 Å². The van der Waals surface area contributed by atoms with Gasteiger partial charge in [-0.2, -0.15) is 0 Å². The summed E-state index contributed by atoms with van der Waals surface area (Å²) >= 11 is 0. The summed E-state index contributed by atoms with van der Waals surface area (Å²) in [4.78, 5) is 4.02. The summed E-state index contributed by atoms with van der Waals surface area (Å²) in [5, 5.41) is 0. The predicted octanol–water partition coefficient (Wildman–Crippen LogP) is 2.51. The lowest BCUT2D eigenvalue weighted by Gasteiger charge is -2.02. The standard InChI is InChI=1S/C10H13N/c1-8(2)6-10-4-5-11-7-9(10)3/h4-5,7H,1,6H2,2-3H3. The number of hydrogen-bond acceptors (Lipinski definition) is 1. The molecule has 0 unspecified atom stereocenters. The summed E-state index contributed by atoms with van der Waals surface area (Å²) in [6.07, 6.45) is 4.68. The van der Waals surface area contributed by atoms with Crippen LogP contribution in [0.4, 0.5) is 0 Å². The highest BCUT2D eigenvalue weighted by Gasteiger charge is 1.95. The Labute approximate surface area is 67.8 Å². The Balaban J connectivity index is 2.86. The average molecular weight is 147 g/mol. The third kappa shape index (κ3) is 2.19. The molecule has 1 aromatic rings. The van der Waals surface area contributed by atoms with E-state index in [0.717, 1.165) is 6.42 Å². The molecular formula is C10H13N. The van der Waals surface area contributed by atoms with Crippen LogP contribution in [-0.2, 0) is 6.42 Å². The molecule has 0 aliphatic carbocycles. The van der Waals surface area contributed by atoms with E-state index in [-0.39, 0.29) is 0 Å². The number of pyridine rings is 1. The molecule has 0 spiro atoms. The summed E-state index contributed by atoms with van der Waals surface area (Å²) in [7, 11) is 0. The summed E-state index contributed by atoms with van der Waals surface area (Å²) < 4.78 is 0. The number of hydrogen-bond donors (Lipinski definition) is 0. The minimum atomic E-state index is 0.967. The van der Waals surface area contributed by atoms with E-state index in [1.54, 1.807) is 0 Å². The van der Waals surface area contributed by atoms with Gasteiger partial charge in [-0.25, -0.2) is 0 Å². The van der Waals surface area contributed by atoms with Crippen LogP contribution < -0.4 is 0 Å². The third-order valence-electron chi connectivity index (χ3n) is 1.63. The number of rotatable bonds is 2. The normalized spacial score (nSPS) is 9.64. The molecule has 0 aliphatic heterocycles. The predicted molar refractivity (Wildman–Crippen MR) is 47.5 cm³/mol. The van der Waals surface area contributed by atoms with Gasteiger partial charge in [0.25, 0.3) is 0 Å². The summed E-state index contributed by atoms with van der Waals surface area (Å²) in [5.74, 6) is 0. The Morgan fingerprint density at radius 3 is 2.91 bits per heavy atom. The van der Waals surface area contributed by atoms with Gasteiger partial charge in [-0.05, 0) is 37.5 Å². The van der Waals surface area contributed by atoms with E-state index in [1.807, 2.05) is 25.4 Å². The molecule has 0 aliphatic rings. The van der Waals surface area contributed by atoms with E-state index in [9.17, 15) is 0 Å². The van der Waals surface area contributed by atoms with Gasteiger partial charge in [0, 0.05) is 12.4 Å². The largest absolute Gasteiger partial charge is 0.264 e. The van der Waals surface area contributed by atoms with Crippen molar-refractivity contribution in [1.82, 2.24) is 4.98 Å². The second-order valence-electron chi connectivity index (χ2n) is 2.94. The highest BCUT2D eigenvalue weighted by Crippen LogP contribution is 2.09. The van der Waals surface area contributed by atoms with Crippen molar-refractivity contribution in [1.29, 1.82) is 0 Å². The quantitative estimate of drug-likeness (QED) is 0.586. The molecular weight excluding hydrogens is 134 g/mol. The van der Waals surface area contributed by atoms with E-state index in [4.69, 9.17) is 0 Å². The number of allylic oxidation sites excluding steroid dienone is 1. The summed E-state index contributed by atoms with van der Waals surface area (Å²) in [6, 6.07) is 2.05.